The fraction of sp³-hybridized carbons (Fsp3) is 0.609. The number of hydrogen-bond acceptors (Lipinski definition) is 4. The van der Waals surface area contributed by atoms with Gasteiger partial charge in [0.1, 0.15) is 0 Å². The highest BCUT2D eigenvalue weighted by molar-refractivity contribution is 5.95. The molecule has 1 aliphatic heterocycles. The predicted molar refractivity (Wildman–Crippen MR) is 119 cm³/mol. The van der Waals surface area contributed by atoms with E-state index in [2.05, 4.69) is 15.5 Å². The van der Waals surface area contributed by atoms with Gasteiger partial charge in [0.2, 0.25) is 17.7 Å². The quantitative estimate of drug-likeness (QED) is 0.647. The fourth-order valence-corrected chi connectivity index (χ4v) is 3.87. The number of rotatable bonds is 9. The number of aryl methyl sites for hydroxylation is 1. The second-order valence-electron chi connectivity index (χ2n) is 8.05. The summed E-state index contributed by atoms with van der Waals surface area (Å²) in [5.41, 5.74) is 1.85. The van der Waals surface area contributed by atoms with Crippen molar-refractivity contribution in [3.63, 3.8) is 0 Å². The van der Waals surface area contributed by atoms with E-state index in [0.29, 0.717) is 13.1 Å². The Hall–Kier alpha value is -2.41. The standard InChI is InChI=1S/C23H36N4O3/c1-5-13-24-22(29)19-11-9-14-27(15-19)17(3)23(30)26(4)16-21(28)25-20-12-8-7-10-18(20)6-2/h7-8,10,12,17,19H,5-6,9,11,13-16H2,1-4H3,(H,24,29)(H,25,28)/t17-,19+/m1/s1. The van der Waals surface area contributed by atoms with Crippen LogP contribution in [0, 0.1) is 5.92 Å². The van der Waals surface area contributed by atoms with Gasteiger partial charge >= 0.3 is 0 Å². The summed E-state index contributed by atoms with van der Waals surface area (Å²) in [5, 5.41) is 5.87. The number of carbonyl (C=O) groups excluding carboxylic acids is 3. The van der Waals surface area contributed by atoms with Gasteiger partial charge in [0.15, 0.2) is 0 Å². The molecule has 30 heavy (non-hydrogen) atoms. The number of likely N-dealkylation sites (tertiary alicyclic amines) is 1. The zero-order chi connectivity index (χ0) is 22.1. The van der Waals surface area contributed by atoms with Gasteiger partial charge in [-0.25, -0.2) is 0 Å². The summed E-state index contributed by atoms with van der Waals surface area (Å²) in [6, 6.07) is 7.32. The Morgan fingerprint density at radius 1 is 1.23 bits per heavy atom. The van der Waals surface area contributed by atoms with Crippen LogP contribution in [0.15, 0.2) is 24.3 Å². The Morgan fingerprint density at radius 3 is 2.67 bits per heavy atom. The lowest BCUT2D eigenvalue weighted by atomic mass is 9.95. The first kappa shape index (κ1) is 23.9. The minimum atomic E-state index is -0.368. The van der Waals surface area contributed by atoms with Crippen LogP contribution in [0.2, 0.25) is 0 Å². The molecule has 3 amide bonds. The summed E-state index contributed by atoms with van der Waals surface area (Å²) in [6.07, 6.45) is 3.47. The molecule has 7 heteroatoms. The number of anilines is 1. The van der Waals surface area contributed by atoms with Crippen LogP contribution in [0.25, 0.3) is 0 Å². The van der Waals surface area contributed by atoms with Crippen LogP contribution < -0.4 is 10.6 Å². The molecule has 0 radical (unpaired) electrons. The number of carbonyl (C=O) groups is 3. The Labute approximate surface area is 180 Å². The molecule has 1 fully saturated rings. The lowest BCUT2D eigenvalue weighted by Crippen LogP contribution is -2.52. The molecule has 1 aliphatic rings. The van der Waals surface area contributed by atoms with Gasteiger partial charge < -0.3 is 15.5 Å². The molecule has 0 aromatic heterocycles. The van der Waals surface area contributed by atoms with Crippen molar-refractivity contribution in [1.29, 1.82) is 0 Å². The Bertz CT molecular complexity index is 737. The van der Waals surface area contributed by atoms with E-state index in [0.717, 1.165) is 43.5 Å². The minimum absolute atomic E-state index is 0.00449. The van der Waals surface area contributed by atoms with Gasteiger partial charge in [-0.1, -0.05) is 32.0 Å². The van der Waals surface area contributed by atoms with E-state index in [9.17, 15) is 14.4 Å². The predicted octanol–water partition coefficient (Wildman–Crippen LogP) is 2.27. The van der Waals surface area contributed by atoms with E-state index in [-0.39, 0.29) is 36.2 Å². The highest BCUT2D eigenvalue weighted by atomic mass is 16.2. The van der Waals surface area contributed by atoms with Gasteiger partial charge in [-0.15, -0.1) is 0 Å². The van der Waals surface area contributed by atoms with Crippen LogP contribution in [0.5, 0.6) is 0 Å². The first-order valence-electron chi connectivity index (χ1n) is 11.0. The average Bonchev–Trinajstić information content (AvgIpc) is 2.76. The average molecular weight is 417 g/mol. The smallest absolute Gasteiger partial charge is 0.243 e. The number of benzene rings is 1. The van der Waals surface area contributed by atoms with Crippen molar-refractivity contribution >= 4 is 23.4 Å². The molecule has 0 saturated carbocycles. The molecule has 2 rings (SSSR count). The molecule has 0 unspecified atom stereocenters. The Balaban J connectivity index is 1.89. The summed E-state index contributed by atoms with van der Waals surface area (Å²) in [7, 11) is 1.65. The van der Waals surface area contributed by atoms with Crippen molar-refractivity contribution in [2.24, 2.45) is 5.92 Å². The number of amides is 3. The molecule has 1 heterocycles. The maximum absolute atomic E-state index is 12.9. The van der Waals surface area contributed by atoms with E-state index < -0.39 is 0 Å². The van der Waals surface area contributed by atoms with Crippen molar-refractivity contribution in [3.8, 4) is 0 Å². The molecule has 1 saturated heterocycles. The number of hydrogen-bond donors (Lipinski definition) is 2. The van der Waals surface area contributed by atoms with Crippen molar-refractivity contribution < 1.29 is 14.4 Å². The largest absolute Gasteiger partial charge is 0.356 e. The maximum atomic E-state index is 12.9. The lowest BCUT2D eigenvalue weighted by Gasteiger charge is -2.36. The molecular weight excluding hydrogens is 380 g/mol. The zero-order valence-electron chi connectivity index (χ0n) is 18.7. The fourth-order valence-electron chi connectivity index (χ4n) is 3.87. The highest BCUT2D eigenvalue weighted by Crippen LogP contribution is 2.20. The number of para-hydroxylation sites is 1. The second-order valence-corrected chi connectivity index (χ2v) is 8.05. The lowest BCUT2D eigenvalue weighted by molar-refractivity contribution is -0.139. The Kier molecular flexibility index (Phi) is 9.30. The van der Waals surface area contributed by atoms with Gasteiger partial charge in [-0.05, 0) is 50.8 Å². The maximum Gasteiger partial charge on any atom is 0.243 e. The van der Waals surface area contributed by atoms with E-state index >= 15 is 0 Å². The monoisotopic (exact) mass is 416 g/mol. The molecular formula is C23H36N4O3. The van der Waals surface area contributed by atoms with Crippen molar-refractivity contribution in [2.75, 3.05) is 38.5 Å². The van der Waals surface area contributed by atoms with Crippen LogP contribution in [-0.2, 0) is 20.8 Å². The van der Waals surface area contributed by atoms with Crippen molar-refractivity contribution in [2.45, 2.75) is 52.5 Å². The molecule has 0 bridgehead atoms. The highest BCUT2D eigenvalue weighted by Gasteiger charge is 2.32. The first-order valence-corrected chi connectivity index (χ1v) is 11.0. The van der Waals surface area contributed by atoms with Crippen molar-refractivity contribution in [1.82, 2.24) is 15.1 Å². The molecule has 2 N–H and O–H groups in total. The summed E-state index contributed by atoms with van der Waals surface area (Å²) in [6.45, 7) is 7.96. The molecule has 0 spiro atoms. The normalized spacial score (nSPS) is 17.8. The van der Waals surface area contributed by atoms with E-state index in [1.165, 1.54) is 4.90 Å². The van der Waals surface area contributed by atoms with Crippen LogP contribution in [0.4, 0.5) is 5.69 Å². The minimum Gasteiger partial charge on any atom is -0.356 e. The third-order valence-corrected chi connectivity index (χ3v) is 5.71. The van der Waals surface area contributed by atoms with Crippen LogP contribution in [0.3, 0.4) is 0 Å². The summed E-state index contributed by atoms with van der Waals surface area (Å²) >= 11 is 0. The summed E-state index contributed by atoms with van der Waals surface area (Å²) < 4.78 is 0. The zero-order valence-corrected chi connectivity index (χ0v) is 18.7. The third-order valence-electron chi connectivity index (χ3n) is 5.71. The van der Waals surface area contributed by atoms with Gasteiger partial charge in [-0.2, -0.15) is 0 Å². The number of likely N-dealkylation sites (N-methyl/N-ethyl adjacent to an activating group) is 1. The molecule has 0 aliphatic carbocycles. The Morgan fingerprint density at radius 2 is 1.97 bits per heavy atom. The number of nitrogens with one attached hydrogen (secondary N) is 2. The van der Waals surface area contributed by atoms with Gasteiger partial charge in [0, 0.05) is 25.8 Å². The molecule has 1 aromatic carbocycles. The van der Waals surface area contributed by atoms with E-state index in [1.807, 2.05) is 45.0 Å². The SMILES string of the molecule is CCCNC(=O)[C@H]1CCCN([C@H](C)C(=O)N(C)CC(=O)Nc2ccccc2CC)C1. The second kappa shape index (κ2) is 11.7. The molecule has 1 aromatic rings. The number of nitrogens with zero attached hydrogens (tertiary/aromatic N) is 2. The van der Waals surface area contributed by atoms with Crippen molar-refractivity contribution in [3.05, 3.63) is 29.8 Å². The van der Waals surface area contributed by atoms with E-state index in [4.69, 9.17) is 0 Å². The van der Waals surface area contributed by atoms with Gasteiger partial charge in [-0.3, -0.25) is 19.3 Å². The van der Waals surface area contributed by atoms with Gasteiger partial charge in [0.05, 0.1) is 18.5 Å². The summed E-state index contributed by atoms with van der Waals surface area (Å²) in [5.74, 6) is -0.332. The molecule has 2 atom stereocenters. The molecule has 166 valence electrons. The van der Waals surface area contributed by atoms with Crippen LogP contribution in [-0.4, -0.2) is 66.8 Å². The topological polar surface area (TPSA) is 81.8 Å². The van der Waals surface area contributed by atoms with Gasteiger partial charge in [0.25, 0.3) is 0 Å². The first-order chi connectivity index (χ1) is 14.4. The third kappa shape index (κ3) is 6.55. The summed E-state index contributed by atoms with van der Waals surface area (Å²) in [4.78, 5) is 41.2. The number of piperidine rings is 1. The van der Waals surface area contributed by atoms with E-state index in [1.54, 1.807) is 7.05 Å². The van der Waals surface area contributed by atoms with Crippen LogP contribution >= 0.6 is 0 Å². The van der Waals surface area contributed by atoms with Crippen LogP contribution in [0.1, 0.15) is 45.6 Å². The molecule has 7 nitrogen and oxygen atoms in total.